The second-order valence-corrected chi connectivity index (χ2v) is 3.26. The Kier molecular flexibility index (Phi) is 3.50. The molecule has 1 aromatic rings. The number of nitrogens with one attached hydrogen (secondary N) is 1. The lowest BCUT2D eigenvalue weighted by molar-refractivity contribution is 0.393. The highest BCUT2D eigenvalue weighted by molar-refractivity contribution is 5.61. The minimum Gasteiger partial charge on any atom is -0.503 e. The molecule has 0 aromatic heterocycles. The van der Waals surface area contributed by atoms with Crippen molar-refractivity contribution in [1.82, 2.24) is 0 Å². The van der Waals surface area contributed by atoms with Crippen LogP contribution in [0.2, 0.25) is 0 Å². The average molecular weight is 215 g/mol. The molecular formula is C11H15F2NO. The van der Waals surface area contributed by atoms with Gasteiger partial charge in [0.1, 0.15) is 0 Å². The summed E-state index contributed by atoms with van der Waals surface area (Å²) in [7, 11) is 0. The van der Waals surface area contributed by atoms with E-state index in [1.807, 2.05) is 20.8 Å². The molecule has 0 fully saturated rings. The van der Waals surface area contributed by atoms with Crippen LogP contribution in [0.15, 0.2) is 6.07 Å². The summed E-state index contributed by atoms with van der Waals surface area (Å²) in [4.78, 5) is 0. The number of hydrogen-bond donors (Lipinski definition) is 2. The third kappa shape index (κ3) is 1.89. The number of hydrogen-bond acceptors (Lipinski definition) is 2. The predicted octanol–water partition coefficient (Wildman–Crippen LogP) is 3.23. The molecule has 1 aromatic carbocycles. The van der Waals surface area contributed by atoms with Crippen molar-refractivity contribution in [3.8, 4) is 5.75 Å². The van der Waals surface area contributed by atoms with Gasteiger partial charge < -0.3 is 10.4 Å². The molecule has 2 nitrogen and oxygen atoms in total. The van der Waals surface area contributed by atoms with Crippen molar-refractivity contribution in [2.45, 2.75) is 26.7 Å². The Morgan fingerprint density at radius 1 is 1.40 bits per heavy atom. The predicted molar refractivity (Wildman–Crippen MR) is 56.3 cm³/mol. The first kappa shape index (κ1) is 11.8. The van der Waals surface area contributed by atoms with Crippen LogP contribution in [0, 0.1) is 11.6 Å². The van der Waals surface area contributed by atoms with Crippen LogP contribution in [0.4, 0.5) is 14.5 Å². The van der Waals surface area contributed by atoms with E-state index in [2.05, 4.69) is 5.32 Å². The van der Waals surface area contributed by atoms with Gasteiger partial charge in [-0.2, -0.15) is 0 Å². The van der Waals surface area contributed by atoms with Gasteiger partial charge >= 0.3 is 0 Å². The zero-order valence-corrected chi connectivity index (χ0v) is 9.06. The lowest BCUT2D eigenvalue weighted by atomic mass is 10.0. The molecule has 0 bridgehead atoms. The van der Waals surface area contributed by atoms with E-state index in [1.165, 1.54) is 0 Å². The molecule has 1 heterocycles. The van der Waals surface area contributed by atoms with Crippen molar-refractivity contribution in [3.05, 3.63) is 23.3 Å². The molecule has 2 rings (SSSR count). The number of halogens is 2. The summed E-state index contributed by atoms with van der Waals surface area (Å²) in [5.74, 6) is -2.67. The van der Waals surface area contributed by atoms with Crippen LogP contribution in [-0.4, -0.2) is 11.7 Å². The van der Waals surface area contributed by atoms with E-state index in [4.69, 9.17) is 5.11 Å². The van der Waals surface area contributed by atoms with E-state index in [0.29, 0.717) is 17.8 Å². The number of rotatable bonds is 0. The SMILES string of the molecule is CC.CC1CNc2cc(F)c(O)c(F)c21. The van der Waals surface area contributed by atoms with Crippen LogP contribution in [-0.2, 0) is 0 Å². The maximum Gasteiger partial charge on any atom is 0.188 e. The van der Waals surface area contributed by atoms with Crippen LogP contribution < -0.4 is 5.32 Å². The average Bonchev–Trinajstić information content (AvgIpc) is 2.60. The Morgan fingerprint density at radius 2 is 2.00 bits per heavy atom. The molecule has 0 saturated carbocycles. The van der Waals surface area contributed by atoms with Gasteiger partial charge in [-0.3, -0.25) is 0 Å². The van der Waals surface area contributed by atoms with Gasteiger partial charge in [0.15, 0.2) is 17.4 Å². The molecule has 0 amide bonds. The Bertz CT molecular complexity index is 366. The fourth-order valence-electron chi connectivity index (χ4n) is 1.62. The molecule has 4 heteroatoms. The number of anilines is 1. The van der Waals surface area contributed by atoms with Crippen molar-refractivity contribution in [2.75, 3.05) is 11.9 Å². The molecule has 2 N–H and O–H groups in total. The van der Waals surface area contributed by atoms with Crippen LogP contribution in [0.1, 0.15) is 32.3 Å². The summed E-state index contributed by atoms with van der Waals surface area (Å²) in [6.07, 6.45) is 0. The normalized spacial score (nSPS) is 17.5. The lowest BCUT2D eigenvalue weighted by Gasteiger charge is -2.06. The summed E-state index contributed by atoms with van der Waals surface area (Å²) in [5.41, 5.74) is 0.819. The number of phenols is 1. The van der Waals surface area contributed by atoms with Crippen LogP contribution in [0.5, 0.6) is 5.75 Å². The molecule has 1 unspecified atom stereocenters. The number of phenolic OH excluding ortho intramolecular Hbond substituents is 1. The van der Waals surface area contributed by atoms with Gasteiger partial charge in [-0.15, -0.1) is 0 Å². The summed E-state index contributed by atoms with van der Waals surface area (Å²) in [5, 5.41) is 11.9. The van der Waals surface area contributed by atoms with Gasteiger partial charge in [0.2, 0.25) is 0 Å². The summed E-state index contributed by atoms with van der Waals surface area (Å²) in [6.45, 7) is 6.40. The first-order valence-corrected chi connectivity index (χ1v) is 5.06. The molecule has 0 saturated heterocycles. The Balaban J connectivity index is 0.000000531. The van der Waals surface area contributed by atoms with Crippen LogP contribution in [0.3, 0.4) is 0 Å². The van der Waals surface area contributed by atoms with Crippen molar-refractivity contribution in [2.24, 2.45) is 0 Å². The van der Waals surface area contributed by atoms with Crippen LogP contribution >= 0.6 is 0 Å². The van der Waals surface area contributed by atoms with E-state index in [9.17, 15) is 8.78 Å². The standard InChI is InChI=1S/C9H9F2NO.C2H6/c1-4-3-12-6-2-5(10)9(13)8(11)7(4)6;1-2/h2,4,12-13H,3H2,1H3;1-2H3. The zero-order chi connectivity index (χ0) is 11.6. The smallest absolute Gasteiger partial charge is 0.188 e. The zero-order valence-electron chi connectivity index (χ0n) is 9.06. The minimum atomic E-state index is -0.919. The summed E-state index contributed by atoms with van der Waals surface area (Å²) < 4.78 is 26.1. The molecule has 0 spiro atoms. The van der Waals surface area contributed by atoms with Gasteiger partial charge in [0.05, 0.1) is 0 Å². The highest BCUT2D eigenvalue weighted by Gasteiger charge is 2.26. The molecular weight excluding hydrogens is 200 g/mol. The van der Waals surface area contributed by atoms with Gasteiger partial charge in [-0.25, -0.2) is 8.78 Å². The summed E-state index contributed by atoms with van der Waals surface area (Å²) in [6, 6.07) is 1.12. The second-order valence-electron chi connectivity index (χ2n) is 3.26. The molecule has 84 valence electrons. The Morgan fingerprint density at radius 3 is 2.60 bits per heavy atom. The van der Waals surface area contributed by atoms with Crippen molar-refractivity contribution in [1.29, 1.82) is 0 Å². The first-order chi connectivity index (χ1) is 7.11. The molecule has 0 radical (unpaired) electrons. The Hall–Kier alpha value is -1.32. The third-order valence-electron chi connectivity index (χ3n) is 2.32. The Labute approximate surface area is 87.9 Å². The molecule has 1 aliphatic rings. The van der Waals surface area contributed by atoms with Crippen molar-refractivity contribution < 1.29 is 13.9 Å². The third-order valence-corrected chi connectivity index (χ3v) is 2.32. The molecule has 0 aliphatic carbocycles. The number of fused-ring (bicyclic) bond motifs is 1. The molecule has 1 aliphatic heterocycles. The van der Waals surface area contributed by atoms with Gasteiger partial charge in [0, 0.05) is 29.8 Å². The van der Waals surface area contributed by atoms with E-state index in [1.54, 1.807) is 0 Å². The maximum atomic E-state index is 13.3. The summed E-state index contributed by atoms with van der Waals surface area (Å²) >= 11 is 0. The highest BCUT2D eigenvalue weighted by atomic mass is 19.1. The molecule has 15 heavy (non-hydrogen) atoms. The highest BCUT2D eigenvalue weighted by Crippen LogP contribution is 2.38. The van der Waals surface area contributed by atoms with Gasteiger partial charge in [-0.05, 0) is 0 Å². The van der Waals surface area contributed by atoms with Crippen molar-refractivity contribution >= 4 is 5.69 Å². The van der Waals surface area contributed by atoms with Gasteiger partial charge in [0.25, 0.3) is 0 Å². The quantitative estimate of drug-likeness (QED) is 0.651. The van der Waals surface area contributed by atoms with E-state index >= 15 is 0 Å². The minimum absolute atomic E-state index is 0.0264. The topological polar surface area (TPSA) is 32.3 Å². The second kappa shape index (κ2) is 4.47. The number of benzene rings is 1. The van der Waals surface area contributed by atoms with E-state index in [0.717, 1.165) is 6.07 Å². The largest absolute Gasteiger partial charge is 0.503 e. The number of aromatic hydroxyl groups is 1. The van der Waals surface area contributed by atoms with E-state index in [-0.39, 0.29) is 5.92 Å². The fourth-order valence-corrected chi connectivity index (χ4v) is 1.62. The van der Waals surface area contributed by atoms with Crippen molar-refractivity contribution in [3.63, 3.8) is 0 Å². The van der Waals surface area contributed by atoms with Gasteiger partial charge in [-0.1, -0.05) is 20.8 Å². The van der Waals surface area contributed by atoms with E-state index < -0.39 is 17.4 Å². The maximum absolute atomic E-state index is 13.3. The lowest BCUT2D eigenvalue weighted by Crippen LogP contribution is -1.97. The molecule has 1 atom stereocenters. The fraction of sp³-hybridized carbons (Fsp3) is 0.455. The first-order valence-electron chi connectivity index (χ1n) is 5.06. The monoisotopic (exact) mass is 215 g/mol. The van der Waals surface area contributed by atoms with Crippen LogP contribution in [0.25, 0.3) is 0 Å².